The van der Waals surface area contributed by atoms with Crippen molar-refractivity contribution in [3.63, 3.8) is 0 Å². The first kappa shape index (κ1) is 17.7. The van der Waals surface area contributed by atoms with Gasteiger partial charge in [0.1, 0.15) is 11.5 Å². The van der Waals surface area contributed by atoms with Crippen LogP contribution < -0.4 is 10.5 Å². The van der Waals surface area contributed by atoms with Crippen molar-refractivity contribution < 1.29 is 13.9 Å². The summed E-state index contributed by atoms with van der Waals surface area (Å²) in [6.45, 7) is 0.521. The Hall–Kier alpha value is -3.74. The Morgan fingerprint density at radius 3 is 2.64 bits per heavy atom. The molecule has 0 saturated carbocycles. The lowest BCUT2D eigenvalue weighted by molar-refractivity contribution is 0.0996. The molecule has 0 unspecified atom stereocenters. The molecule has 0 bridgehead atoms. The van der Waals surface area contributed by atoms with Gasteiger partial charge in [-0.25, -0.2) is 9.37 Å². The lowest BCUT2D eigenvalue weighted by atomic mass is 9.98. The van der Waals surface area contributed by atoms with Crippen LogP contribution in [-0.2, 0) is 6.54 Å². The molecule has 4 rings (SSSR count). The van der Waals surface area contributed by atoms with Gasteiger partial charge in [0, 0.05) is 5.39 Å². The molecule has 0 radical (unpaired) electrons. The van der Waals surface area contributed by atoms with E-state index in [0.717, 1.165) is 22.1 Å². The number of benzene rings is 2. The number of carbonyl (C=O) groups excluding carboxylic acids is 1. The third-order valence-electron chi connectivity index (χ3n) is 4.47. The van der Waals surface area contributed by atoms with Crippen LogP contribution in [0.2, 0.25) is 0 Å². The highest BCUT2D eigenvalue weighted by Crippen LogP contribution is 2.29. The van der Waals surface area contributed by atoms with Crippen LogP contribution in [0.4, 0.5) is 4.39 Å². The Bertz CT molecular complexity index is 1170. The van der Waals surface area contributed by atoms with E-state index in [-0.39, 0.29) is 11.5 Å². The number of ether oxygens (including phenoxy) is 1. The van der Waals surface area contributed by atoms with Gasteiger partial charge in [-0.1, -0.05) is 24.3 Å². The average molecular weight is 376 g/mol. The highest BCUT2D eigenvalue weighted by Gasteiger charge is 2.12. The summed E-state index contributed by atoms with van der Waals surface area (Å²) < 4.78 is 20.2. The quantitative estimate of drug-likeness (QED) is 0.579. The lowest BCUT2D eigenvalue weighted by Crippen LogP contribution is -2.13. The van der Waals surface area contributed by atoms with Gasteiger partial charge in [0.25, 0.3) is 5.91 Å². The third kappa shape index (κ3) is 3.42. The number of hydrogen-bond acceptors (Lipinski definition) is 4. The maximum Gasteiger partial charge on any atom is 0.267 e. The second kappa shape index (κ2) is 7.11. The second-order valence-electron chi connectivity index (χ2n) is 6.36. The SMILES string of the molecule is COc1cnn(Cc2ccc3c(-c4ccc(F)cc4)cc(C(N)=O)nc3c2)c1. The summed E-state index contributed by atoms with van der Waals surface area (Å²) in [6, 6.07) is 13.5. The van der Waals surface area contributed by atoms with Crippen molar-refractivity contribution in [2.75, 3.05) is 7.11 Å². The van der Waals surface area contributed by atoms with Crippen molar-refractivity contribution in [1.29, 1.82) is 0 Å². The number of pyridine rings is 1. The minimum atomic E-state index is -0.618. The van der Waals surface area contributed by atoms with Crippen LogP contribution in [0, 0.1) is 5.82 Å². The van der Waals surface area contributed by atoms with Gasteiger partial charge in [0.2, 0.25) is 0 Å². The summed E-state index contributed by atoms with van der Waals surface area (Å²) in [4.78, 5) is 16.2. The van der Waals surface area contributed by atoms with Gasteiger partial charge in [-0.15, -0.1) is 0 Å². The highest BCUT2D eigenvalue weighted by molar-refractivity contribution is 6.00. The fraction of sp³-hybridized carbons (Fsp3) is 0.0952. The Labute approximate surface area is 160 Å². The topological polar surface area (TPSA) is 83.0 Å². The molecule has 6 nitrogen and oxygen atoms in total. The van der Waals surface area contributed by atoms with E-state index in [1.165, 1.54) is 12.1 Å². The molecule has 0 aliphatic carbocycles. The predicted octanol–water partition coefficient (Wildman–Crippen LogP) is 3.39. The zero-order valence-corrected chi connectivity index (χ0v) is 15.1. The molecule has 0 fully saturated rings. The van der Waals surface area contributed by atoms with E-state index >= 15 is 0 Å². The van der Waals surface area contributed by atoms with Crippen LogP contribution in [0.3, 0.4) is 0 Å². The van der Waals surface area contributed by atoms with Crippen LogP contribution in [0.5, 0.6) is 5.75 Å². The Morgan fingerprint density at radius 1 is 1.18 bits per heavy atom. The maximum absolute atomic E-state index is 13.3. The zero-order valence-electron chi connectivity index (χ0n) is 15.1. The highest BCUT2D eigenvalue weighted by atomic mass is 19.1. The molecule has 2 aromatic heterocycles. The van der Waals surface area contributed by atoms with Crippen LogP contribution >= 0.6 is 0 Å². The molecule has 4 aromatic rings. The molecular weight excluding hydrogens is 359 g/mol. The monoisotopic (exact) mass is 376 g/mol. The Balaban J connectivity index is 1.81. The Morgan fingerprint density at radius 2 is 1.96 bits per heavy atom. The first-order chi connectivity index (χ1) is 13.5. The van der Waals surface area contributed by atoms with E-state index in [9.17, 15) is 9.18 Å². The summed E-state index contributed by atoms with van der Waals surface area (Å²) >= 11 is 0. The van der Waals surface area contributed by atoms with Crippen molar-refractivity contribution in [2.45, 2.75) is 6.54 Å². The van der Waals surface area contributed by atoms with Gasteiger partial charge in [-0.05, 0) is 41.0 Å². The van der Waals surface area contributed by atoms with Crippen molar-refractivity contribution in [3.05, 3.63) is 78.0 Å². The fourth-order valence-corrected chi connectivity index (χ4v) is 3.09. The Kier molecular flexibility index (Phi) is 4.49. The van der Waals surface area contributed by atoms with Crippen LogP contribution in [0.25, 0.3) is 22.0 Å². The number of primary amides is 1. The van der Waals surface area contributed by atoms with Crippen molar-refractivity contribution in [3.8, 4) is 16.9 Å². The number of methoxy groups -OCH3 is 1. The van der Waals surface area contributed by atoms with E-state index in [4.69, 9.17) is 10.5 Å². The maximum atomic E-state index is 13.3. The molecule has 1 amide bonds. The standard InChI is InChI=1S/C21H17FN4O2/c1-28-16-10-24-26(12-16)11-13-2-7-17-18(14-3-5-15(22)6-4-14)9-20(21(23)27)25-19(17)8-13/h2-10,12H,11H2,1H3,(H2,23,27). The van der Waals surface area contributed by atoms with Crippen molar-refractivity contribution in [1.82, 2.24) is 14.8 Å². The van der Waals surface area contributed by atoms with Gasteiger partial charge >= 0.3 is 0 Å². The molecule has 140 valence electrons. The number of hydrogen-bond donors (Lipinski definition) is 1. The van der Waals surface area contributed by atoms with Crippen LogP contribution in [0.1, 0.15) is 16.1 Å². The normalized spacial score (nSPS) is 10.9. The smallest absolute Gasteiger partial charge is 0.267 e. The largest absolute Gasteiger partial charge is 0.493 e. The first-order valence-electron chi connectivity index (χ1n) is 8.59. The number of nitrogens with zero attached hydrogens (tertiary/aromatic N) is 3. The molecule has 0 spiro atoms. The molecule has 0 saturated heterocycles. The molecule has 28 heavy (non-hydrogen) atoms. The number of halogens is 1. The van der Waals surface area contributed by atoms with Crippen LogP contribution in [-0.4, -0.2) is 27.8 Å². The molecule has 2 N–H and O–H groups in total. The van der Waals surface area contributed by atoms with E-state index in [1.54, 1.807) is 42.4 Å². The predicted molar refractivity (Wildman–Crippen MR) is 104 cm³/mol. The number of carbonyl (C=O) groups is 1. The van der Waals surface area contributed by atoms with E-state index < -0.39 is 5.91 Å². The lowest BCUT2D eigenvalue weighted by Gasteiger charge is -2.10. The summed E-state index contributed by atoms with van der Waals surface area (Å²) in [7, 11) is 1.59. The fourth-order valence-electron chi connectivity index (χ4n) is 3.09. The molecule has 7 heteroatoms. The summed E-state index contributed by atoms with van der Waals surface area (Å²) in [5.41, 5.74) is 8.76. The third-order valence-corrected chi connectivity index (χ3v) is 4.47. The van der Waals surface area contributed by atoms with Gasteiger partial charge in [0.15, 0.2) is 5.75 Å². The molecular formula is C21H17FN4O2. The van der Waals surface area contributed by atoms with Crippen molar-refractivity contribution in [2.24, 2.45) is 5.73 Å². The number of amides is 1. The minimum Gasteiger partial charge on any atom is -0.493 e. The average Bonchev–Trinajstić information content (AvgIpc) is 3.15. The summed E-state index contributed by atoms with van der Waals surface area (Å²) in [6.07, 6.45) is 3.43. The molecule has 2 aromatic carbocycles. The second-order valence-corrected chi connectivity index (χ2v) is 6.36. The number of rotatable bonds is 5. The summed E-state index contributed by atoms with van der Waals surface area (Å²) in [5, 5.41) is 5.09. The zero-order chi connectivity index (χ0) is 19.7. The van der Waals surface area contributed by atoms with E-state index in [0.29, 0.717) is 17.8 Å². The molecule has 0 aliphatic heterocycles. The van der Waals surface area contributed by atoms with Gasteiger partial charge in [-0.2, -0.15) is 5.10 Å². The van der Waals surface area contributed by atoms with E-state index in [1.807, 2.05) is 18.2 Å². The minimum absolute atomic E-state index is 0.157. The van der Waals surface area contributed by atoms with Gasteiger partial charge < -0.3 is 10.5 Å². The number of nitrogens with two attached hydrogens (primary N) is 1. The van der Waals surface area contributed by atoms with Gasteiger partial charge in [-0.3, -0.25) is 9.48 Å². The van der Waals surface area contributed by atoms with E-state index in [2.05, 4.69) is 10.1 Å². The van der Waals surface area contributed by atoms with Crippen molar-refractivity contribution >= 4 is 16.8 Å². The number of aromatic nitrogens is 3. The molecule has 0 aliphatic rings. The first-order valence-corrected chi connectivity index (χ1v) is 8.59. The van der Waals surface area contributed by atoms with Crippen LogP contribution in [0.15, 0.2) is 60.9 Å². The van der Waals surface area contributed by atoms with Gasteiger partial charge in [0.05, 0.1) is 31.6 Å². The summed E-state index contributed by atoms with van der Waals surface area (Å²) in [5.74, 6) is -0.268. The molecule has 0 atom stereocenters. The number of fused-ring (bicyclic) bond motifs is 1. The molecule has 2 heterocycles.